The molecular formula is C18H10BrN3O. The summed E-state index contributed by atoms with van der Waals surface area (Å²) < 4.78 is 2.94. The molecule has 0 bridgehead atoms. The van der Waals surface area contributed by atoms with Gasteiger partial charge in [0.2, 0.25) is 0 Å². The number of fused-ring (bicyclic) bond motifs is 8. The third-order valence-electron chi connectivity index (χ3n) is 4.44. The smallest absolute Gasteiger partial charge is 0.198 e. The highest BCUT2D eigenvalue weighted by molar-refractivity contribution is 9.10. The molecule has 4 nitrogen and oxygen atoms in total. The van der Waals surface area contributed by atoms with E-state index in [-0.39, 0.29) is 5.78 Å². The number of pyridine rings is 1. The van der Waals surface area contributed by atoms with Gasteiger partial charge in [0.1, 0.15) is 5.82 Å². The second-order valence-corrected chi connectivity index (χ2v) is 6.61. The molecule has 0 saturated heterocycles. The zero-order chi connectivity index (χ0) is 15.7. The van der Waals surface area contributed by atoms with Crippen LogP contribution in [0.4, 0.5) is 0 Å². The van der Waals surface area contributed by atoms with Gasteiger partial charge in [-0.15, -0.1) is 10.2 Å². The van der Waals surface area contributed by atoms with Crippen LogP contribution in [0.3, 0.4) is 0 Å². The molecule has 2 aromatic heterocycles. The molecule has 110 valence electrons. The number of rotatable bonds is 0. The van der Waals surface area contributed by atoms with Gasteiger partial charge in [0.05, 0.1) is 11.1 Å². The largest absolute Gasteiger partial charge is 0.288 e. The molecule has 5 rings (SSSR count). The lowest BCUT2D eigenvalue weighted by atomic mass is 10.0. The van der Waals surface area contributed by atoms with E-state index in [2.05, 4.69) is 32.2 Å². The van der Waals surface area contributed by atoms with Crippen molar-refractivity contribution in [3.05, 3.63) is 63.9 Å². The Labute approximate surface area is 139 Å². The first-order valence-electron chi connectivity index (χ1n) is 7.28. The van der Waals surface area contributed by atoms with Crippen LogP contribution < -0.4 is 0 Å². The van der Waals surface area contributed by atoms with Crippen LogP contribution in [0, 0.1) is 6.92 Å². The minimum Gasteiger partial charge on any atom is -0.288 e. The Balaban J connectivity index is 2.13. The van der Waals surface area contributed by atoms with Crippen molar-refractivity contribution in [1.29, 1.82) is 0 Å². The summed E-state index contributed by atoms with van der Waals surface area (Å²) in [6.45, 7) is 1.90. The highest BCUT2D eigenvalue weighted by Gasteiger charge is 2.32. The first-order valence-corrected chi connectivity index (χ1v) is 8.07. The second-order valence-electron chi connectivity index (χ2n) is 5.69. The third kappa shape index (κ3) is 1.52. The average molecular weight is 364 g/mol. The van der Waals surface area contributed by atoms with E-state index in [0.717, 1.165) is 37.9 Å². The molecule has 0 N–H and O–H groups in total. The number of ketones is 1. The number of hydrogen-bond donors (Lipinski definition) is 0. The van der Waals surface area contributed by atoms with Crippen molar-refractivity contribution < 1.29 is 4.79 Å². The van der Waals surface area contributed by atoms with Crippen LogP contribution in [0.1, 0.15) is 21.7 Å². The summed E-state index contributed by atoms with van der Waals surface area (Å²) in [5, 5.41) is 9.50. The number of nitrogens with zero attached hydrogens (tertiary/aromatic N) is 3. The van der Waals surface area contributed by atoms with Crippen LogP contribution in [0.2, 0.25) is 0 Å². The van der Waals surface area contributed by atoms with Gasteiger partial charge in [-0.3, -0.25) is 9.20 Å². The van der Waals surface area contributed by atoms with Crippen molar-refractivity contribution in [2.24, 2.45) is 0 Å². The van der Waals surface area contributed by atoms with Gasteiger partial charge in [0, 0.05) is 21.0 Å². The van der Waals surface area contributed by atoms with Crippen molar-refractivity contribution in [2.75, 3.05) is 0 Å². The number of carbonyl (C=O) groups is 1. The molecule has 0 spiro atoms. The van der Waals surface area contributed by atoms with Crippen LogP contribution in [-0.4, -0.2) is 20.4 Å². The molecule has 0 amide bonds. The maximum Gasteiger partial charge on any atom is 0.198 e. The first-order chi connectivity index (χ1) is 11.2. The van der Waals surface area contributed by atoms with Crippen LogP contribution in [0.25, 0.3) is 27.7 Å². The van der Waals surface area contributed by atoms with Crippen molar-refractivity contribution in [1.82, 2.24) is 14.6 Å². The highest BCUT2D eigenvalue weighted by atomic mass is 79.9. The molecule has 0 radical (unpaired) electrons. The van der Waals surface area contributed by atoms with Crippen molar-refractivity contribution in [3.8, 4) is 11.1 Å². The first kappa shape index (κ1) is 13.0. The fourth-order valence-corrected chi connectivity index (χ4v) is 3.85. The lowest BCUT2D eigenvalue weighted by Crippen LogP contribution is -2.01. The quantitative estimate of drug-likeness (QED) is 0.415. The van der Waals surface area contributed by atoms with Crippen molar-refractivity contribution in [2.45, 2.75) is 6.92 Å². The Morgan fingerprint density at radius 2 is 1.78 bits per heavy atom. The molecule has 23 heavy (non-hydrogen) atoms. The number of aromatic nitrogens is 3. The fraction of sp³-hybridized carbons (Fsp3) is 0.0556. The van der Waals surface area contributed by atoms with Gasteiger partial charge >= 0.3 is 0 Å². The molecule has 2 heterocycles. The third-order valence-corrected chi connectivity index (χ3v) is 4.93. The number of aryl methyl sites for hydroxylation is 1. The summed E-state index contributed by atoms with van der Waals surface area (Å²) in [4.78, 5) is 12.9. The van der Waals surface area contributed by atoms with E-state index in [9.17, 15) is 4.79 Å². The van der Waals surface area contributed by atoms with Crippen LogP contribution in [0.5, 0.6) is 0 Å². The Kier molecular flexibility index (Phi) is 2.40. The second kappa shape index (κ2) is 4.26. The van der Waals surface area contributed by atoms with E-state index in [1.54, 1.807) is 0 Å². The number of hydrogen-bond acceptors (Lipinski definition) is 3. The lowest BCUT2D eigenvalue weighted by Gasteiger charge is -2.10. The fourth-order valence-electron chi connectivity index (χ4n) is 3.49. The standard InChI is InChI=1S/C18H10BrN3O/c1-9-20-21-18-16-15(11-4-2-3-5-12(11)17(16)23)13-8-10(19)6-7-14(13)22(9)18/h2-8H,1H3. The van der Waals surface area contributed by atoms with Gasteiger partial charge in [0.15, 0.2) is 11.4 Å². The lowest BCUT2D eigenvalue weighted by molar-refractivity contribution is 0.104. The zero-order valence-electron chi connectivity index (χ0n) is 12.2. The predicted molar refractivity (Wildman–Crippen MR) is 91.8 cm³/mol. The molecule has 1 aliphatic rings. The summed E-state index contributed by atoms with van der Waals surface area (Å²) in [7, 11) is 0. The minimum atomic E-state index is 0.0230. The molecule has 0 unspecified atom stereocenters. The van der Waals surface area contributed by atoms with Crippen LogP contribution in [-0.2, 0) is 0 Å². The van der Waals surface area contributed by atoms with Gasteiger partial charge in [0.25, 0.3) is 0 Å². The van der Waals surface area contributed by atoms with E-state index >= 15 is 0 Å². The average Bonchev–Trinajstić information content (AvgIpc) is 3.07. The summed E-state index contributed by atoms with van der Waals surface area (Å²) in [6.07, 6.45) is 0. The molecule has 1 aliphatic carbocycles. The summed E-state index contributed by atoms with van der Waals surface area (Å²) in [6, 6.07) is 13.8. The Bertz CT molecular complexity index is 1160. The molecule has 2 aromatic carbocycles. The maximum atomic E-state index is 12.9. The Morgan fingerprint density at radius 3 is 2.61 bits per heavy atom. The molecule has 5 heteroatoms. The topological polar surface area (TPSA) is 47.3 Å². The maximum absolute atomic E-state index is 12.9. The Hall–Kier alpha value is -2.53. The van der Waals surface area contributed by atoms with E-state index < -0.39 is 0 Å². The highest BCUT2D eigenvalue weighted by Crippen LogP contribution is 2.43. The van der Waals surface area contributed by atoms with Gasteiger partial charge in [-0.1, -0.05) is 40.2 Å². The van der Waals surface area contributed by atoms with Gasteiger partial charge in [-0.05, 0) is 30.7 Å². The van der Waals surface area contributed by atoms with E-state index in [0.29, 0.717) is 11.2 Å². The van der Waals surface area contributed by atoms with E-state index in [1.165, 1.54) is 0 Å². The van der Waals surface area contributed by atoms with Crippen LogP contribution >= 0.6 is 15.9 Å². The van der Waals surface area contributed by atoms with Gasteiger partial charge in [-0.2, -0.15) is 0 Å². The van der Waals surface area contributed by atoms with Crippen molar-refractivity contribution in [3.63, 3.8) is 0 Å². The Morgan fingerprint density at radius 1 is 1.00 bits per heavy atom. The monoisotopic (exact) mass is 363 g/mol. The molecule has 0 atom stereocenters. The SMILES string of the molecule is Cc1nnc2c3c(c4cc(Br)ccc4n12)-c1ccccc1C3=O. The number of carbonyl (C=O) groups excluding carboxylic acids is 1. The minimum absolute atomic E-state index is 0.0230. The summed E-state index contributed by atoms with van der Waals surface area (Å²) >= 11 is 3.54. The number of benzene rings is 2. The normalized spacial score (nSPS) is 12.9. The predicted octanol–water partition coefficient (Wildman–Crippen LogP) is 4.16. The molecule has 4 aromatic rings. The molecule has 0 aliphatic heterocycles. The number of halogens is 1. The molecule has 0 fully saturated rings. The zero-order valence-corrected chi connectivity index (χ0v) is 13.8. The van der Waals surface area contributed by atoms with Crippen LogP contribution in [0.15, 0.2) is 46.9 Å². The van der Waals surface area contributed by atoms with Crippen molar-refractivity contribution >= 4 is 38.3 Å². The van der Waals surface area contributed by atoms with Gasteiger partial charge < -0.3 is 0 Å². The van der Waals surface area contributed by atoms with E-state index in [1.807, 2.05) is 47.7 Å². The van der Waals surface area contributed by atoms with E-state index in [4.69, 9.17) is 0 Å². The molecule has 0 saturated carbocycles. The summed E-state index contributed by atoms with van der Waals surface area (Å²) in [5.41, 5.74) is 4.96. The summed E-state index contributed by atoms with van der Waals surface area (Å²) in [5.74, 6) is 0.800. The molecular weight excluding hydrogens is 354 g/mol. The van der Waals surface area contributed by atoms with Gasteiger partial charge in [-0.25, -0.2) is 0 Å².